The zero-order chi connectivity index (χ0) is 23.9. The molecule has 6 heteroatoms. The highest BCUT2D eigenvalue weighted by Crippen LogP contribution is 2.29. The van der Waals surface area contributed by atoms with E-state index in [-0.39, 0.29) is 25.2 Å². The third-order valence-corrected chi connectivity index (χ3v) is 5.08. The van der Waals surface area contributed by atoms with E-state index in [2.05, 4.69) is 0 Å². The van der Waals surface area contributed by atoms with E-state index in [1.807, 2.05) is 84.9 Å². The van der Waals surface area contributed by atoms with Gasteiger partial charge in [0.25, 0.3) is 0 Å². The number of hydrogen-bond donors (Lipinski definition) is 0. The molecular formula is C28H24N2O4. The number of benzene rings is 2. The van der Waals surface area contributed by atoms with Crippen molar-refractivity contribution in [3.05, 3.63) is 96.3 Å². The van der Waals surface area contributed by atoms with Crippen LogP contribution in [-0.2, 0) is 32.3 Å². The highest BCUT2D eigenvalue weighted by Gasteiger charge is 2.13. The van der Waals surface area contributed by atoms with E-state index in [0.29, 0.717) is 22.8 Å². The minimum absolute atomic E-state index is 0.0572. The van der Waals surface area contributed by atoms with Crippen molar-refractivity contribution >= 4 is 11.9 Å². The predicted octanol–water partition coefficient (Wildman–Crippen LogP) is 5.60. The lowest BCUT2D eigenvalue weighted by Gasteiger charge is -2.12. The molecule has 0 bridgehead atoms. The summed E-state index contributed by atoms with van der Waals surface area (Å²) in [7, 11) is 0. The highest BCUT2D eigenvalue weighted by molar-refractivity contribution is 5.74. The quantitative estimate of drug-likeness (QED) is 0.340. The summed E-state index contributed by atoms with van der Waals surface area (Å²) in [6, 6.07) is 27.5. The van der Waals surface area contributed by atoms with Crippen LogP contribution < -0.4 is 0 Å². The molecule has 4 rings (SSSR count). The number of ether oxygens (including phenoxy) is 2. The Kier molecular flexibility index (Phi) is 7.08. The van der Waals surface area contributed by atoms with Gasteiger partial charge in [-0.2, -0.15) is 0 Å². The van der Waals surface area contributed by atoms with Crippen LogP contribution in [0.15, 0.2) is 84.9 Å². The van der Waals surface area contributed by atoms with Crippen molar-refractivity contribution in [3.63, 3.8) is 0 Å². The first kappa shape index (κ1) is 22.9. The predicted molar refractivity (Wildman–Crippen MR) is 129 cm³/mol. The van der Waals surface area contributed by atoms with Crippen LogP contribution in [0.1, 0.15) is 25.2 Å². The molecule has 0 spiro atoms. The fourth-order valence-corrected chi connectivity index (χ4v) is 3.53. The van der Waals surface area contributed by atoms with Gasteiger partial charge >= 0.3 is 11.9 Å². The summed E-state index contributed by atoms with van der Waals surface area (Å²) < 4.78 is 10.4. The second-order valence-electron chi connectivity index (χ2n) is 7.76. The lowest BCUT2D eigenvalue weighted by molar-refractivity contribution is -0.143. The Balaban J connectivity index is 1.83. The lowest BCUT2D eigenvalue weighted by Crippen LogP contribution is -2.04. The molecular weight excluding hydrogens is 428 g/mol. The first-order valence-corrected chi connectivity index (χ1v) is 10.9. The number of esters is 2. The maximum Gasteiger partial charge on any atom is 0.303 e. The molecule has 0 unspecified atom stereocenters. The van der Waals surface area contributed by atoms with Gasteiger partial charge in [0.05, 0.1) is 22.8 Å². The maximum atomic E-state index is 11.4. The number of rotatable bonds is 7. The molecule has 0 radical (unpaired) electrons. The summed E-state index contributed by atoms with van der Waals surface area (Å²) >= 11 is 0. The van der Waals surface area contributed by atoms with E-state index in [4.69, 9.17) is 19.4 Å². The Morgan fingerprint density at radius 2 is 0.971 bits per heavy atom. The van der Waals surface area contributed by atoms with Crippen LogP contribution in [0.5, 0.6) is 0 Å². The molecule has 0 aliphatic carbocycles. The Morgan fingerprint density at radius 3 is 1.32 bits per heavy atom. The van der Waals surface area contributed by atoms with Crippen LogP contribution in [0.25, 0.3) is 33.6 Å². The number of carbonyl (C=O) groups excluding carboxylic acids is 2. The highest BCUT2D eigenvalue weighted by atomic mass is 16.5. The molecule has 2 heterocycles. The van der Waals surface area contributed by atoms with Crippen molar-refractivity contribution in [1.82, 2.24) is 9.97 Å². The van der Waals surface area contributed by atoms with E-state index in [0.717, 1.165) is 22.3 Å². The van der Waals surface area contributed by atoms with Gasteiger partial charge in [0, 0.05) is 13.8 Å². The van der Waals surface area contributed by atoms with Crippen molar-refractivity contribution in [3.8, 4) is 33.6 Å². The third kappa shape index (κ3) is 5.92. The van der Waals surface area contributed by atoms with Gasteiger partial charge in [-0.15, -0.1) is 0 Å². The van der Waals surface area contributed by atoms with Crippen LogP contribution in [0.3, 0.4) is 0 Å². The van der Waals surface area contributed by atoms with Gasteiger partial charge < -0.3 is 9.47 Å². The van der Waals surface area contributed by atoms with Gasteiger partial charge in [0.15, 0.2) is 0 Å². The average Bonchev–Trinajstić information content (AvgIpc) is 2.87. The molecule has 0 N–H and O–H groups in total. The summed E-state index contributed by atoms with van der Waals surface area (Å²) in [4.78, 5) is 32.2. The first-order chi connectivity index (χ1) is 16.5. The van der Waals surface area contributed by atoms with Crippen molar-refractivity contribution in [2.45, 2.75) is 27.1 Å². The Hall–Kier alpha value is -4.32. The maximum absolute atomic E-state index is 11.4. The van der Waals surface area contributed by atoms with Crippen LogP contribution in [0.4, 0.5) is 0 Å². The summed E-state index contributed by atoms with van der Waals surface area (Å²) in [6.45, 7) is 2.85. The van der Waals surface area contributed by atoms with Gasteiger partial charge in [0.2, 0.25) is 0 Å². The Labute approximate surface area is 198 Å². The topological polar surface area (TPSA) is 78.4 Å². The van der Waals surface area contributed by atoms with E-state index in [1.54, 1.807) is 0 Å². The Morgan fingerprint density at radius 1 is 0.588 bits per heavy atom. The molecule has 2 aromatic carbocycles. The number of nitrogens with zero attached hydrogens (tertiary/aromatic N) is 2. The van der Waals surface area contributed by atoms with Gasteiger partial charge in [-0.05, 0) is 46.5 Å². The average molecular weight is 453 g/mol. The molecule has 0 saturated carbocycles. The SMILES string of the molecule is CC(=O)OCc1cc(-c2ccccc2)cc(-c2cc(-c3ccccc3)cc(COC(C)=O)n2)n1. The molecule has 4 aromatic rings. The first-order valence-electron chi connectivity index (χ1n) is 10.9. The van der Waals surface area contributed by atoms with Gasteiger partial charge in [0.1, 0.15) is 13.2 Å². The number of carbonyl (C=O) groups is 2. The van der Waals surface area contributed by atoms with E-state index >= 15 is 0 Å². The summed E-state index contributed by atoms with van der Waals surface area (Å²) in [5, 5.41) is 0. The molecule has 0 amide bonds. The monoisotopic (exact) mass is 452 g/mol. The van der Waals surface area contributed by atoms with Crippen molar-refractivity contribution < 1.29 is 19.1 Å². The Bertz CT molecular complexity index is 1200. The summed E-state index contributed by atoms with van der Waals surface area (Å²) in [6.07, 6.45) is 0. The van der Waals surface area contributed by atoms with E-state index in [9.17, 15) is 9.59 Å². The van der Waals surface area contributed by atoms with E-state index < -0.39 is 0 Å². The lowest BCUT2D eigenvalue weighted by atomic mass is 10.0. The molecule has 6 nitrogen and oxygen atoms in total. The molecule has 0 atom stereocenters. The molecule has 0 saturated heterocycles. The molecule has 0 fully saturated rings. The largest absolute Gasteiger partial charge is 0.459 e. The molecule has 0 aliphatic heterocycles. The zero-order valence-corrected chi connectivity index (χ0v) is 19.0. The molecule has 2 aromatic heterocycles. The second-order valence-corrected chi connectivity index (χ2v) is 7.76. The smallest absolute Gasteiger partial charge is 0.303 e. The summed E-state index contributed by atoms with van der Waals surface area (Å²) in [5.74, 6) is -0.748. The normalized spacial score (nSPS) is 10.5. The third-order valence-electron chi connectivity index (χ3n) is 5.08. The number of pyridine rings is 2. The van der Waals surface area contributed by atoms with Gasteiger partial charge in [-0.3, -0.25) is 9.59 Å². The van der Waals surface area contributed by atoms with Gasteiger partial charge in [-0.25, -0.2) is 9.97 Å². The van der Waals surface area contributed by atoms with E-state index in [1.165, 1.54) is 13.8 Å². The summed E-state index contributed by atoms with van der Waals surface area (Å²) in [5.41, 5.74) is 6.36. The standard InChI is InChI=1S/C28H24N2O4/c1-19(31)33-17-25-13-23(21-9-5-3-6-10-21)15-27(29-25)28-16-24(22-11-7-4-8-12-22)14-26(30-28)18-34-20(2)32/h3-16H,17-18H2,1-2H3. The zero-order valence-electron chi connectivity index (χ0n) is 19.0. The molecule has 0 aliphatic rings. The van der Waals surface area contributed by atoms with Crippen molar-refractivity contribution in [2.75, 3.05) is 0 Å². The number of aromatic nitrogens is 2. The minimum Gasteiger partial charge on any atom is -0.459 e. The van der Waals surface area contributed by atoms with Gasteiger partial charge in [-0.1, -0.05) is 60.7 Å². The fourth-order valence-electron chi connectivity index (χ4n) is 3.53. The molecule has 34 heavy (non-hydrogen) atoms. The number of hydrogen-bond acceptors (Lipinski definition) is 6. The molecule has 170 valence electrons. The van der Waals surface area contributed by atoms with Crippen molar-refractivity contribution in [1.29, 1.82) is 0 Å². The van der Waals surface area contributed by atoms with Crippen LogP contribution in [0, 0.1) is 0 Å². The minimum atomic E-state index is -0.374. The van der Waals surface area contributed by atoms with Crippen molar-refractivity contribution in [2.24, 2.45) is 0 Å². The fraction of sp³-hybridized carbons (Fsp3) is 0.143. The van der Waals surface area contributed by atoms with Crippen LogP contribution in [-0.4, -0.2) is 21.9 Å². The van der Waals surface area contributed by atoms with Crippen LogP contribution >= 0.6 is 0 Å². The second kappa shape index (κ2) is 10.5. The van der Waals surface area contributed by atoms with Crippen LogP contribution in [0.2, 0.25) is 0 Å².